The van der Waals surface area contributed by atoms with E-state index in [0.717, 1.165) is 58.6 Å². The number of fused-ring (bicyclic) bond motifs is 2. The highest BCUT2D eigenvalue weighted by Crippen LogP contribution is 2.33. The molecule has 6 heterocycles. The monoisotopic (exact) mass is 1190 g/mol. The molecule has 0 aliphatic heterocycles. The first-order valence-corrected chi connectivity index (χ1v) is 29.0. The van der Waals surface area contributed by atoms with Gasteiger partial charge >= 0.3 is 17.9 Å². The molecular formula is C58H56N14O11S2. The molecule has 10 N–H and O–H groups in total. The fourth-order valence-electron chi connectivity index (χ4n) is 8.43. The maximum Gasteiger partial charge on any atom is 0.337 e. The quantitative estimate of drug-likeness (QED) is 0.0513. The predicted octanol–water partition coefficient (Wildman–Crippen LogP) is 5.17. The average Bonchev–Trinajstić information content (AvgIpc) is 4.24. The minimum absolute atomic E-state index is 0.0517. The number of carbonyl (C=O) groups is 4. The van der Waals surface area contributed by atoms with Crippen molar-refractivity contribution in [3.05, 3.63) is 205 Å². The number of carbonyl (C=O) groups excluding carboxylic acids is 3. The molecule has 25 nitrogen and oxygen atoms in total. The summed E-state index contributed by atoms with van der Waals surface area (Å²) in [5, 5.41) is 37.6. The number of amides is 1. The Kier molecular flexibility index (Phi) is 19.8. The molecule has 6 aromatic heterocycles. The van der Waals surface area contributed by atoms with E-state index < -0.39 is 67.5 Å². The Morgan fingerprint density at radius 1 is 0.553 bits per heavy atom. The number of benzene rings is 4. The molecule has 0 radical (unpaired) electrons. The van der Waals surface area contributed by atoms with Crippen molar-refractivity contribution in [2.45, 2.75) is 25.2 Å². The lowest BCUT2D eigenvalue weighted by Crippen LogP contribution is -2.47. The highest BCUT2D eigenvalue weighted by molar-refractivity contribution is 7.89. The van der Waals surface area contributed by atoms with Crippen molar-refractivity contribution in [1.29, 1.82) is 0 Å². The van der Waals surface area contributed by atoms with Gasteiger partial charge in [-0.25, -0.2) is 55.7 Å². The van der Waals surface area contributed by atoms with E-state index >= 15 is 0 Å². The molecule has 0 bridgehead atoms. The Morgan fingerprint density at radius 3 is 1.38 bits per heavy atom. The number of hydrogen-bond acceptors (Lipinski definition) is 19. The summed E-state index contributed by atoms with van der Waals surface area (Å²) in [6.07, 6.45) is 9.36. The highest BCUT2D eigenvalue weighted by Gasteiger charge is 2.28. The largest absolute Gasteiger partial charge is 0.478 e. The van der Waals surface area contributed by atoms with Crippen molar-refractivity contribution in [3.63, 3.8) is 0 Å². The lowest BCUT2D eigenvalue weighted by molar-refractivity contribution is -0.142. The number of sulfonamides is 2. The van der Waals surface area contributed by atoms with E-state index in [-0.39, 0.29) is 17.0 Å². The molecule has 27 heteroatoms. The van der Waals surface area contributed by atoms with E-state index in [2.05, 4.69) is 50.7 Å². The van der Waals surface area contributed by atoms with Gasteiger partial charge in [0.15, 0.2) is 23.3 Å². The molecule has 0 saturated carbocycles. The molecular weight excluding hydrogens is 1130 g/mol. The van der Waals surface area contributed by atoms with Gasteiger partial charge in [-0.1, -0.05) is 121 Å². The van der Waals surface area contributed by atoms with Crippen LogP contribution in [-0.4, -0.2) is 123 Å². The topological polar surface area (TPSA) is 376 Å². The third-order valence-corrected chi connectivity index (χ3v) is 14.0. The van der Waals surface area contributed by atoms with E-state index in [4.69, 9.17) is 20.8 Å². The van der Waals surface area contributed by atoms with Crippen LogP contribution >= 0.6 is 0 Å². The number of nitrogens with two attached hydrogens (primary N) is 3. The maximum absolute atomic E-state index is 13.0. The number of carboxylic acid groups (broad SMARTS) is 1. The lowest BCUT2D eigenvalue weighted by Gasteiger charge is -2.15. The first-order chi connectivity index (χ1) is 40.8. The predicted molar refractivity (Wildman–Crippen MR) is 317 cm³/mol. The summed E-state index contributed by atoms with van der Waals surface area (Å²) in [6.45, 7) is 1.09. The number of hydrogen-bond donors (Lipinski definition) is 7. The summed E-state index contributed by atoms with van der Waals surface area (Å²) in [5.74, 6) is -3.07. The zero-order valence-electron chi connectivity index (χ0n) is 45.5. The number of esters is 2. The van der Waals surface area contributed by atoms with E-state index in [1.165, 1.54) is 30.7 Å². The smallest absolute Gasteiger partial charge is 0.337 e. The zero-order chi connectivity index (χ0) is 60.7. The Morgan fingerprint density at radius 2 is 0.965 bits per heavy atom. The van der Waals surface area contributed by atoms with Gasteiger partial charge in [0.05, 0.1) is 36.9 Å². The number of nitrogens with zero attached hydrogens (tertiary/aromatic N) is 8. The van der Waals surface area contributed by atoms with E-state index in [1.807, 2.05) is 146 Å². The van der Waals surface area contributed by atoms with Gasteiger partial charge in [0.2, 0.25) is 20.0 Å². The molecule has 436 valence electrons. The number of rotatable bonds is 19. The average molecular weight is 1190 g/mol. The van der Waals surface area contributed by atoms with Gasteiger partial charge in [-0.05, 0) is 46.5 Å². The van der Waals surface area contributed by atoms with Crippen molar-refractivity contribution in [1.82, 2.24) is 44.5 Å². The number of ether oxygens (including phenoxy) is 2. The Labute approximate surface area is 487 Å². The van der Waals surface area contributed by atoms with Crippen molar-refractivity contribution < 1.29 is 50.6 Å². The molecule has 0 aliphatic rings. The Balaban J connectivity index is 0.000000193. The van der Waals surface area contributed by atoms with E-state index in [1.54, 1.807) is 15.2 Å². The van der Waals surface area contributed by atoms with Gasteiger partial charge in [-0.2, -0.15) is 0 Å². The second kappa shape index (κ2) is 27.6. The molecule has 0 spiro atoms. The molecule has 2 atom stereocenters. The lowest BCUT2D eigenvalue weighted by atomic mass is 10.1. The summed E-state index contributed by atoms with van der Waals surface area (Å²) in [5.41, 5.74) is 14.0. The minimum atomic E-state index is -4.09. The zero-order valence-corrected chi connectivity index (χ0v) is 47.1. The standard InChI is InChI=1S/C29H27N7O5S.C25H19N5O2.C4H10N2O4S/c1-41-29(38)24(18-42(30,39)40)33-28(37)22-14-21(16-31-17-22)26-34-27(32-15-19-8-4-2-5-9-19)25-23(12-13-36(25)35-26)20-10-6-3-7-11-20;31-25(32)20-13-19(15-26-16-20)23-28-24(27-14-17-7-3-1-4-8-17)22-21(11-12-30(22)29-23)18-9-5-2-6-10-18;1-10-4(7)3(5)2-11(6,8)9/h2-14,16-17,24H,15,18H2,1H3,(H,33,37)(H2,30,39,40)(H,32,34,35);1-13,15-16H,14H2,(H,31,32)(H,27,28,29);3H,2,5H2,1H3,(H2,6,8,9). The number of anilines is 2. The van der Waals surface area contributed by atoms with Crippen LogP contribution in [0.15, 0.2) is 183 Å². The van der Waals surface area contributed by atoms with Crippen LogP contribution in [0.4, 0.5) is 11.6 Å². The maximum atomic E-state index is 13.0. The van der Waals surface area contributed by atoms with Crippen molar-refractivity contribution in [3.8, 4) is 45.0 Å². The second-order valence-electron chi connectivity index (χ2n) is 18.6. The molecule has 2 unspecified atom stereocenters. The third kappa shape index (κ3) is 16.5. The molecule has 0 aliphatic carbocycles. The Hall–Kier alpha value is -10.3. The number of methoxy groups -OCH3 is 2. The first kappa shape index (κ1) is 60.8. The molecule has 1 amide bonds. The molecule has 85 heavy (non-hydrogen) atoms. The summed E-state index contributed by atoms with van der Waals surface area (Å²) >= 11 is 0. The number of carboxylic acids is 1. The van der Waals surface area contributed by atoms with Crippen molar-refractivity contribution >= 4 is 66.5 Å². The van der Waals surface area contributed by atoms with E-state index in [9.17, 15) is 41.1 Å². The molecule has 0 fully saturated rings. The van der Waals surface area contributed by atoms with Gasteiger partial charge in [0, 0.05) is 72.5 Å². The second-order valence-corrected chi connectivity index (χ2v) is 21.9. The normalized spacial score (nSPS) is 11.9. The van der Waals surface area contributed by atoms with Gasteiger partial charge in [0.1, 0.15) is 23.1 Å². The van der Waals surface area contributed by atoms with Crippen LogP contribution in [0.1, 0.15) is 31.8 Å². The Bertz CT molecular complexity index is 4220. The SMILES string of the molecule is COC(=O)C(CS(N)(=O)=O)NC(=O)c1cncc(-c2nc(NCc3ccccc3)c3c(-c4ccccc4)ccn3n2)c1.COC(=O)C(N)CS(N)(=O)=O.O=C(O)c1cncc(-c2nc(NCc3ccccc3)c3c(-c4ccccc4)ccn3n2)c1. The van der Waals surface area contributed by atoms with Crippen LogP contribution < -0.4 is 32.0 Å². The first-order valence-electron chi connectivity index (χ1n) is 25.6. The summed E-state index contributed by atoms with van der Waals surface area (Å²) < 4.78 is 56.1. The number of aromatic nitrogens is 8. The van der Waals surface area contributed by atoms with Crippen LogP contribution in [0.5, 0.6) is 0 Å². The van der Waals surface area contributed by atoms with Gasteiger partial charge in [-0.3, -0.25) is 19.6 Å². The molecule has 4 aromatic carbocycles. The van der Waals surface area contributed by atoms with Crippen molar-refractivity contribution in [2.75, 3.05) is 36.4 Å². The fourth-order valence-corrected chi connectivity index (χ4v) is 9.75. The van der Waals surface area contributed by atoms with Gasteiger partial charge < -0.3 is 36.3 Å². The van der Waals surface area contributed by atoms with Crippen LogP contribution in [0.3, 0.4) is 0 Å². The van der Waals surface area contributed by atoms with Crippen LogP contribution in [0.2, 0.25) is 0 Å². The van der Waals surface area contributed by atoms with Crippen molar-refractivity contribution in [2.24, 2.45) is 16.0 Å². The van der Waals surface area contributed by atoms with E-state index in [0.29, 0.717) is 41.7 Å². The minimum Gasteiger partial charge on any atom is -0.478 e. The van der Waals surface area contributed by atoms with Crippen LogP contribution in [0.25, 0.3) is 56.1 Å². The third-order valence-electron chi connectivity index (χ3n) is 12.4. The molecule has 10 aromatic rings. The highest BCUT2D eigenvalue weighted by atomic mass is 32.2. The summed E-state index contributed by atoms with van der Waals surface area (Å²) in [4.78, 5) is 64.8. The van der Waals surface area contributed by atoms with Gasteiger partial charge in [0.25, 0.3) is 5.91 Å². The molecule has 0 saturated heterocycles. The van der Waals surface area contributed by atoms with Gasteiger partial charge in [-0.15, -0.1) is 10.2 Å². The number of nitrogens with one attached hydrogen (secondary N) is 3. The number of primary sulfonamides is 2. The van der Waals surface area contributed by atoms with Crippen LogP contribution in [0, 0.1) is 0 Å². The number of aromatic carboxylic acids is 1. The van der Waals surface area contributed by atoms with Crippen LogP contribution in [-0.2, 0) is 52.2 Å². The molecule has 10 rings (SSSR count). The fraction of sp³-hybridized carbons (Fsp3) is 0.138. The summed E-state index contributed by atoms with van der Waals surface area (Å²) in [7, 11) is -5.60. The summed E-state index contributed by atoms with van der Waals surface area (Å²) in [6, 6.07) is 44.2. The number of pyridine rings is 2.